The van der Waals surface area contributed by atoms with Gasteiger partial charge in [-0.1, -0.05) is 62.7 Å². The maximum absolute atomic E-state index is 13.1. The number of aromatic amines is 1. The van der Waals surface area contributed by atoms with Crippen molar-refractivity contribution in [1.29, 1.82) is 0 Å². The fraction of sp³-hybridized carbons (Fsp3) is 0.346. The molecule has 1 heterocycles. The zero-order valence-corrected chi connectivity index (χ0v) is 20.3. The number of nitrogens with one attached hydrogen (secondary N) is 2. The average molecular weight is 480 g/mol. The number of hydrogen-bond donors (Lipinski definition) is 3. The van der Waals surface area contributed by atoms with E-state index in [0.717, 1.165) is 24.8 Å². The number of nitrogens with two attached hydrogens (primary N) is 1. The molecule has 0 unspecified atom stereocenters. The Bertz CT molecular complexity index is 1240. The quantitative estimate of drug-likeness (QED) is 0.366. The summed E-state index contributed by atoms with van der Waals surface area (Å²) in [6.07, 6.45) is 2.42. The molecular formula is C26H33N5O4. The molecule has 1 amide bonds. The van der Waals surface area contributed by atoms with Crippen LogP contribution in [0.2, 0.25) is 0 Å². The number of carbonyl (C=O) groups is 1. The molecule has 0 saturated carbocycles. The van der Waals surface area contributed by atoms with Crippen molar-refractivity contribution < 1.29 is 9.53 Å². The molecule has 0 aliphatic carbocycles. The molecule has 3 aromatic rings. The van der Waals surface area contributed by atoms with Gasteiger partial charge in [-0.05, 0) is 30.5 Å². The van der Waals surface area contributed by atoms with Crippen LogP contribution in [0.4, 0.5) is 17.2 Å². The van der Waals surface area contributed by atoms with E-state index in [1.165, 1.54) is 4.57 Å². The van der Waals surface area contributed by atoms with Gasteiger partial charge < -0.3 is 20.7 Å². The van der Waals surface area contributed by atoms with Gasteiger partial charge in [0.1, 0.15) is 17.3 Å². The first-order valence-corrected chi connectivity index (χ1v) is 11.9. The molecule has 9 heteroatoms. The van der Waals surface area contributed by atoms with E-state index in [1.54, 1.807) is 17.0 Å². The fourth-order valence-electron chi connectivity index (χ4n) is 3.71. The van der Waals surface area contributed by atoms with Crippen LogP contribution in [0.1, 0.15) is 38.7 Å². The molecule has 0 aliphatic heterocycles. The number of rotatable bonds is 12. The second kappa shape index (κ2) is 12.5. The highest BCUT2D eigenvalue weighted by Gasteiger charge is 2.22. The van der Waals surface area contributed by atoms with E-state index >= 15 is 0 Å². The molecule has 0 spiro atoms. The lowest BCUT2D eigenvalue weighted by atomic mass is 10.2. The molecule has 4 N–H and O–H groups in total. The summed E-state index contributed by atoms with van der Waals surface area (Å²) in [6, 6.07) is 16.6. The Morgan fingerprint density at radius 1 is 1.06 bits per heavy atom. The average Bonchev–Trinajstić information content (AvgIpc) is 2.83. The normalized spacial score (nSPS) is 10.7. The van der Waals surface area contributed by atoms with Crippen LogP contribution in [-0.4, -0.2) is 28.6 Å². The molecule has 2 aromatic carbocycles. The number of nitrogens with zero attached hydrogens (tertiary/aromatic N) is 2. The minimum Gasteiger partial charge on any atom is -0.491 e. The van der Waals surface area contributed by atoms with E-state index in [-0.39, 0.29) is 30.5 Å². The minimum atomic E-state index is -0.629. The molecule has 1 aromatic heterocycles. The molecule has 186 valence electrons. The maximum atomic E-state index is 13.1. The first-order chi connectivity index (χ1) is 16.9. The second-order valence-electron chi connectivity index (χ2n) is 8.23. The van der Waals surface area contributed by atoms with Crippen molar-refractivity contribution in [2.24, 2.45) is 0 Å². The smallest absolute Gasteiger partial charge is 0.330 e. The second-order valence-corrected chi connectivity index (χ2v) is 8.23. The largest absolute Gasteiger partial charge is 0.491 e. The van der Waals surface area contributed by atoms with Crippen LogP contribution in [0.15, 0.2) is 64.2 Å². The summed E-state index contributed by atoms with van der Waals surface area (Å²) in [7, 11) is 0. The number of amides is 1. The van der Waals surface area contributed by atoms with Gasteiger partial charge in [0.05, 0.1) is 18.8 Å². The van der Waals surface area contributed by atoms with Gasteiger partial charge in [-0.2, -0.15) is 0 Å². The SMILES string of the molecule is CCCCn1c(N)c(N(CC(=O)Nc2ccccc2OCCC)Cc2ccccc2)c(=O)[nH]c1=O. The lowest BCUT2D eigenvalue weighted by Gasteiger charge is -2.26. The van der Waals surface area contributed by atoms with Gasteiger partial charge in [-0.25, -0.2) is 4.79 Å². The number of para-hydroxylation sites is 2. The third-order valence-corrected chi connectivity index (χ3v) is 5.44. The van der Waals surface area contributed by atoms with Gasteiger partial charge >= 0.3 is 5.69 Å². The van der Waals surface area contributed by atoms with E-state index < -0.39 is 11.2 Å². The number of aromatic nitrogens is 2. The van der Waals surface area contributed by atoms with Crippen LogP contribution in [-0.2, 0) is 17.9 Å². The molecule has 0 aliphatic rings. The van der Waals surface area contributed by atoms with E-state index in [0.29, 0.717) is 24.6 Å². The minimum absolute atomic E-state index is 0.0441. The number of nitrogen functional groups attached to an aromatic ring is 1. The van der Waals surface area contributed by atoms with Crippen molar-refractivity contribution in [2.45, 2.75) is 46.2 Å². The van der Waals surface area contributed by atoms with Crippen molar-refractivity contribution in [1.82, 2.24) is 9.55 Å². The zero-order valence-electron chi connectivity index (χ0n) is 20.3. The van der Waals surface area contributed by atoms with Gasteiger partial charge in [-0.15, -0.1) is 0 Å². The van der Waals surface area contributed by atoms with Crippen molar-refractivity contribution in [2.75, 3.05) is 29.1 Å². The highest BCUT2D eigenvalue weighted by atomic mass is 16.5. The number of H-pyrrole nitrogens is 1. The van der Waals surface area contributed by atoms with Crippen LogP contribution in [0, 0.1) is 0 Å². The molecule has 3 rings (SSSR count). The Hall–Kier alpha value is -4.01. The number of carbonyl (C=O) groups excluding carboxylic acids is 1. The fourth-order valence-corrected chi connectivity index (χ4v) is 3.71. The summed E-state index contributed by atoms with van der Waals surface area (Å²) < 4.78 is 7.09. The van der Waals surface area contributed by atoms with Gasteiger partial charge in [0.15, 0.2) is 0 Å². The number of anilines is 3. The van der Waals surface area contributed by atoms with E-state index in [2.05, 4.69) is 10.3 Å². The predicted molar refractivity (Wildman–Crippen MR) is 139 cm³/mol. The van der Waals surface area contributed by atoms with Crippen LogP contribution in [0.5, 0.6) is 5.75 Å². The third-order valence-electron chi connectivity index (χ3n) is 5.44. The Kier molecular flexibility index (Phi) is 9.11. The third kappa shape index (κ3) is 6.75. The number of benzene rings is 2. The highest BCUT2D eigenvalue weighted by Crippen LogP contribution is 2.25. The Labute approximate surface area is 204 Å². The number of hydrogen-bond acceptors (Lipinski definition) is 6. The Morgan fingerprint density at radius 3 is 2.49 bits per heavy atom. The molecular weight excluding hydrogens is 446 g/mol. The molecule has 0 radical (unpaired) electrons. The lowest BCUT2D eigenvalue weighted by molar-refractivity contribution is -0.115. The molecule has 35 heavy (non-hydrogen) atoms. The van der Waals surface area contributed by atoms with Crippen molar-refractivity contribution in [3.05, 3.63) is 81.0 Å². The van der Waals surface area contributed by atoms with Crippen molar-refractivity contribution in [3.63, 3.8) is 0 Å². The maximum Gasteiger partial charge on any atom is 0.330 e. The summed E-state index contributed by atoms with van der Waals surface area (Å²) in [5.41, 5.74) is 6.67. The first kappa shape index (κ1) is 25.6. The summed E-state index contributed by atoms with van der Waals surface area (Å²) in [6.45, 7) is 5.00. The Morgan fingerprint density at radius 2 is 1.77 bits per heavy atom. The zero-order chi connectivity index (χ0) is 25.2. The van der Waals surface area contributed by atoms with E-state index in [9.17, 15) is 14.4 Å². The number of unbranched alkanes of at least 4 members (excludes halogenated alkanes) is 1. The monoisotopic (exact) mass is 479 g/mol. The van der Waals surface area contributed by atoms with E-state index in [1.807, 2.05) is 56.3 Å². The molecule has 0 atom stereocenters. The summed E-state index contributed by atoms with van der Waals surface area (Å²) in [5, 5.41) is 2.88. The Balaban J connectivity index is 1.94. The molecule has 0 saturated heterocycles. The first-order valence-electron chi connectivity index (χ1n) is 11.9. The molecule has 0 fully saturated rings. The molecule has 9 nitrogen and oxygen atoms in total. The topological polar surface area (TPSA) is 122 Å². The van der Waals surface area contributed by atoms with Crippen molar-refractivity contribution in [3.8, 4) is 5.75 Å². The van der Waals surface area contributed by atoms with Crippen molar-refractivity contribution >= 4 is 23.1 Å². The summed E-state index contributed by atoms with van der Waals surface area (Å²) in [4.78, 5) is 42.4. The predicted octanol–water partition coefficient (Wildman–Crippen LogP) is 3.35. The van der Waals surface area contributed by atoms with Crippen LogP contribution < -0.4 is 31.9 Å². The van der Waals surface area contributed by atoms with Gasteiger partial charge in [0.25, 0.3) is 5.56 Å². The molecule has 0 bridgehead atoms. The van der Waals surface area contributed by atoms with Gasteiger partial charge in [-0.3, -0.25) is 19.1 Å². The lowest BCUT2D eigenvalue weighted by Crippen LogP contribution is -2.41. The van der Waals surface area contributed by atoms with Crippen LogP contribution in [0.3, 0.4) is 0 Å². The van der Waals surface area contributed by atoms with Gasteiger partial charge in [0.2, 0.25) is 5.91 Å². The van der Waals surface area contributed by atoms with Crippen LogP contribution >= 0.6 is 0 Å². The van der Waals surface area contributed by atoms with Gasteiger partial charge in [0, 0.05) is 13.1 Å². The van der Waals surface area contributed by atoms with E-state index in [4.69, 9.17) is 10.5 Å². The summed E-state index contributed by atoms with van der Waals surface area (Å²) in [5.74, 6) is 0.268. The number of ether oxygens (including phenoxy) is 1. The standard InChI is InChI=1S/C26H33N5O4/c1-3-5-15-31-24(27)23(25(33)29-26(31)34)30(17-19-11-7-6-8-12-19)18-22(32)28-20-13-9-10-14-21(20)35-16-4-2/h6-14H,3-5,15-18,27H2,1-2H3,(H,28,32)(H,29,33,34). The summed E-state index contributed by atoms with van der Waals surface area (Å²) >= 11 is 0. The van der Waals surface area contributed by atoms with Crippen LogP contribution in [0.25, 0.3) is 0 Å². The highest BCUT2D eigenvalue weighted by molar-refractivity contribution is 5.95.